The molecule has 1 fully saturated rings. The number of ether oxygens (including phenoxy) is 1. The van der Waals surface area contributed by atoms with Gasteiger partial charge in [-0.2, -0.15) is 13.2 Å². The lowest BCUT2D eigenvalue weighted by molar-refractivity contribution is -0.151. The van der Waals surface area contributed by atoms with Crippen LogP contribution >= 0.6 is 11.8 Å². The van der Waals surface area contributed by atoms with Crippen molar-refractivity contribution in [3.05, 3.63) is 89.5 Å². The van der Waals surface area contributed by atoms with Crippen LogP contribution in [0.15, 0.2) is 77.7 Å². The molecule has 0 aromatic heterocycles. The highest BCUT2D eigenvalue weighted by molar-refractivity contribution is 7.98. The van der Waals surface area contributed by atoms with E-state index in [2.05, 4.69) is 4.90 Å². The van der Waals surface area contributed by atoms with Crippen molar-refractivity contribution in [2.24, 2.45) is 5.92 Å². The fraction of sp³-hybridized carbons (Fsp3) is 0.269. The number of likely N-dealkylation sites (tertiary alicyclic amines) is 1. The SMILES string of the molecule is COC(=O)C1CN(Cc2ccc(CSc3ccc(-c4ccccc4)c(C(F)(F)F)c3)cc2)C1. The van der Waals surface area contributed by atoms with Gasteiger partial charge in [0.2, 0.25) is 0 Å². The number of benzene rings is 3. The number of rotatable bonds is 7. The first kappa shape index (κ1) is 23.4. The van der Waals surface area contributed by atoms with Gasteiger partial charge in [0.25, 0.3) is 0 Å². The van der Waals surface area contributed by atoms with E-state index in [1.807, 2.05) is 24.3 Å². The highest BCUT2D eigenvalue weighted by Gasteiger charge is 2.34. The minimum atomic E-state index is -4.42. The zero-order valence-electron chi connectivity index (χ0n) is 18.1. The Morgan fingerprint density at radius 2 is 1.67 bits per heavy atom. The summed E-state index contributed by atoms with van der Waals surface area (Å²) in [6.07, 6.45) is -4.42. The second kappa shape index (κ2) is 10.0. The molecule has 0 unspecified atom stereocenters. The van der Waals surface area contributed by atoms with Crippen LogP contribution < -0.4 is 0 Å². The third-order valence-electron chi connectivity index (χ3n) is 5.71. The Labute approximate surface area is 195 Å². The van der Waals surface area contributed by atoms with Crippen molar-refractivity contribution in [2.75, 3.05) is 20.2 Å². The van der Waals surface area contributed by atoms with Crippen molar-refractivity contribution in [3.63, 3.8) is 0 Å². The van der Waals surface area contributed by atoms with Crippen LogP contribution in [0, 0.1) is 5.92 Å². The summed E-state index contributed by atoms with van der Waals surface area (Å²) in [6.45, 7) is 2.16. The molecule has 0 N–H and O–H groups in total. The van der Waals surface area contributed by atoms with Crippen LogP contribution in [0.25, 0.3) is 11.1 Å². The Bertz CT molecular complexity index is 1090. The van der Waals surface area contributed by atoms with Crippen molar-refractivity contribution in [3.8, 4) is 11.1 Å². The summed E-state index contributed by atoms with van der Waals surface area (Å²) in [4.78, 5) is 14.2. The van der Waals surface area contributed by atoms with Gasteiger partial charge in [-0.15, -0.1) is 11.8 Å². The van der Waals surface area contributed by atoms with E-state index in [1.54, 1.807) is 42.5 Å². The topological polar surface area (TPSA) is 29.5 Å². The second-order valence-electron chi connectivity index (χ2n) is 8.09. The van der Waals surface area contributed by atoms with Crippen molar-refractivity contribution < 1.29 is 22.7 Å². The van der Waals surface area contributed by atoms with Crippen molar-refractivity contribution >= 4 is 17.7 Å². The molecule has 172 valence electrons. The quantitative estimate of drug-likeness (QED) is 0.300. The van der Waals surface area contributed by atoms with E-state index in [0.717, 1.165) is 17.7 Å². The number of thioether (sulfide) groups is 1. The first-order valence-electron chi connectivity index (χ1n) is 10.6. The molecule has 4 rings (SSSR count). The summed E-state index contributed by atoms with van der Waals surface area (Å²) in [5.41, 5.74) is 2.31. The van der Waals surface area contributed by atoms with E-state index in [4.69, 9.17) is 4.74 Å². The standard InChI is InChI=1S/C26H24F3NO2S/c1-32-25(31)21-15-30(16-21)14-18-7-9-19(10-8-18)17-33-22-11-12-23(20-5-3-2-4-6-20)24(13-22)26(27,28)29/h2-13,21H,14-17H2,1H3. The summed E-state index contributed by atoms with van der Waals surface area (Å²) in [6, 6.07) is 21.2. The average molecular weight is 472 g/mol. The minimum Gasteiger partial charge on any atom is -0.469 e. The summed E-state index contributed by atoms with van der Waals surface area (Å²) < 4.78 is 45.9. The maximum absolute atomic E-state index is 13.7. The van der Waals surface area contributed by atoms with E-state index < -0.39 is 11.7 Å². The molecule has 1 aliphatic heterocycles. The molecular weight excluding hydrogens is 447 g/mol. The Morgan fingerprint density at radius 1 is 1.00 bits per heavy atom. The zero-order chi connectivity index (χ0) is 23.4. The molecule has 0 amide bonds. The monoisotopic (exact) mass is 471 g/mol. The van der Waals surface area contributed by atoms with Crippen molar-refractivity contribution in [1.29, 1.82) is 0 Å². The van der Waals surface area contributed by atoms with Gasteiger partial charge in [0, 0.05) is 30.3 Å². The molecule has 3 nitrogen and oxygen atoms in total. The molecule has 0 saturated carbocycles. The number of carbonyl (C=O) groups is 1. The zero-order valence-corrected chi connectivity index (χ0v) is 19.0. The van der Waals surface area contributed by atoms with Gasteiger partial charge in [-0.3, -0.25) is 9.69 Å². The Hall–Kier alpha value is -2.77. The maximum atomic E-state index is 13.7. The first-order valence-corrected chi connectivity index (χ1v) is 11.6. The van der Waals surface area contributed by atoms with E-state index in [0.29, 0.717) is 29.3 Å². The summed E-state index contributed by atoms with van der Waals surface area (Å²) in [5.74, 6) is 0.376. The lowest BCUT2D eigenvalue weighted by Gasteiger charge is -2.37. The molecule has 3 aromatic rings. The van der Waals surface area contributed by atoms with Crippen LogP contribution in [-0.2, 0) is 28.0 Å². The number of nitrogens with zero attached hydrogens (tertiary/aromatic N) is 1. The van der Waals surface area contributed by atoms with Gasteiger partial charge in [-0.25, -0.2) is 0 Å². The van der Waals surface area contributed by atoms with Gasteiger partial charge in [-0.05, 0) is 34.4 Å². The van der Waals surface area contributed by atoms with Crippen LogP contribution in [-0.4, -0.2) is 31.1 Å². The third kappa shape index (κ3) is 5.78. The summed E-state index contributed by atoms with van der Waals surface area (Å²) >= 11 is 1.39. The van der Waals surface area contributed by atoms with E-state index in [1.165, 1.54) is 24.9 Å². The van der Waals surface area contributed by atoms with Crippen LogP contribution in [0.5, 0.6) is 0 Å². The molecule has 1 saturated heterocycles. The largest absolute Gasteiger partial charge is 0.469 e. The van der Waals surface area contributed by atoms with Crippen LogP contribution in [0.2, 0.25) is 0 Å². The van der Waals surface area contributed by atoms with Gasteiger partial charge in [0.15, 0.2) is 0 Å². The van der Waals surface area contributed by atoms with Gasteiger partial charge in [-0.1, -0.05) is 60.7 Å². The number of carbonyl (C=O) groups excluding carboxylic acids is 1. The highest BCUT2D eigenvalue weighted by atomic mass is 32.2. The molecule has 0 aliphatic carbocycles. The van der Waals surface area contributed by atoms with E-state index >= 15 is 0 Å². The highest BCUT2D eigenvalue weighted by Crippen LogP contribution is 2.39. The number of hydrogen-bond donors (Lipinski definition) is 0. The van der Waals surface area contributed by atoms with Crippen LogP contribution in [0.3, 0.4) is 0 Å². The lowest BCUT2D eigenvalue weighted by Crippen LogP contribution is -2.49. The van der Waals surface area contributed by atoms with Crippen molar-refractivity contribution in [2.45, 2.75) is 23.4 Å². The Balaban J connectivity index is 1.37. The summed E-state index contributed by atoms with van der Waals surface area (Å²) in [5, 5.41) is 0. The van der Waals surface area contributed by atoms with E-state index in [-0.39, 0.29) is 17.5 Å². The predicted molar refractivity (Wildman–Crippen MR) is 124 cm³/mol. The maximum Gasteiger partial charge on any atom is 0.417 e. The lowest BCUT2D eigenvalue weighted by atomic mass is 9.99. The van der Waals surface area contributed by atoms with Crippen LogP contribution in [0.4, 0.5) is 13.2 Å². The molecule has 7 heteroatoms. The first-order chi connectivity index (χ1) is 15.8. The molecule has 0 spiro atoms. The Kier molecular flexibility index (Phi) is 7.10. The molecule has 33 heavy (non-hydrogen) atoms. The fourth-order valence-electron chi connectivity index (χ4n) is 3.90. The smallest absolute Gasteiger partial charge is 0.417 e. The molecule has 0 radical (unpaired) electrons. The normalized spacial score (nSPS) is 14.7. The number of methoxy groups -OCH3 is 1. The number of halogens is 3. The van der Waals surface area contributed by atoms with Gasteiger partial charge in [0.1, 0.15) is 0 Å². The fourth-order valence-corrected chi connectivity index (χ4v) is 4.79. The van der Waals surface area contributed by atoms with Gasteiger partial charge in [0.05, 0.1) is 18.6 Å². The van der Waals surface area contributed by atoms with Gasteiger partial charge < -0.3 is 4.74 Å². The van der Waals surface area contributed by atoms with Crippen molar-refractivity contribution in [1.82, 2.24) is 4.90 Å². The predicted octanol–water partition coefficient (Wildman–Crippen LogP) is 6.27. The van der Waals surface area contributed by atoms with Crippen LogP contribution in [0.1, 0.15) is 16.7 Å². The second-order valence-corrected chi connectivity index (χ2v) is 9.14. The van der Waals surface area contributed by atoms with E-state index in [9.17, 15) is 18.0 Å². The number of hydrogen-bond acceptors (Lipinski definition) is 4. The molecule has 1 heterocycles. The van der Waals surface area contributed by atoms with Gasteiger partial charge >= 0.3 is 12.1 Å². The minimum absolute atomic E-state index is 0.0412. The molecule has 0 bridgehead atoms. The molecule has 1 aliphatic rings. The summed E-state index contributed by atoms with van der Waals surface area (Å²) in [7, 11) is 1.41. The third-order valence-corrected chi connectivity index (χ3v) is 6.77. The number of alkyl halides is 3. The molecule has 3 aromatic carbocycles. The Morgan fingerprint density at radius 3 is 2.30 bits per heavy atom. The average Bonchev–Trinajstić information content (AvgIpc) is 2.80. The number of esters is 1. The molecule has 0 atom stereocenters. The molecular formula is C26H24F3NO2S.